The van der Waals surface area contributed by atoms with Crippen LogP contribution in [0.3, 0.4) is 0 Å². The van der Waals surface area contributed by atoms with Crippen LogP contribution in [0.1, 0.15) is 6.42 Å². The minimum Gasteiger partial charge on any atom is -0.377 e. The summed E-state index contributed by atoms with van der Waals surface area (Å²) in [7, 11) is 2.58. The number of para-hydroxylation sites is 2. The van der Waals surface area contributed by atoms with Crippen molar-refractivity contribution in [3.8, 4) is 0 Å². The molecule has 0 radical (unpaired) electrons. The molecule has 0 unspecified atom stereocenters. The molecule has 1 aromatic carbocycles. The third kappa shape index (κ3) is 4.87. The van der Waals surface area contributed by atoms with Crippen LogP contribution in [0.5, 0.6) is 0 Å². The smallest absolute Gasteiger partial charge is 0.377 e. The quantitative estimate of drug-likeness (QED) is 0.631. The Balaban J connectivity index is 0.000000202. The molecular weight excluding hydrogens is 294 g/mol. The van der Waals surface area contributed by atoms with Crippen molar-refractivity contribution in [1.29, 1.82) is 0 Å². The zero-order chi connectivity index (χ0) is 14.8. The van der Waals surface area contributed by atoms with E-state index in [4.69, 9.17) is 13.3 Å². The lowest BCUT2D eigenvalue weighted by molar-refractivity contribution is 0.123. The molecule has 1 heterocycles. The van der Waals surface area contributed by atoms with Gasteiger partial charge in [0.25, 0.3) is 0 Å². The lowest BCUT2D eigenvalue weighted by Crippen LogP contribution is -2.42. The van der Waals surface area contributed by atoms with E-state index < -0.39 is 8.80 Å². The van der Waals surface area contributed by atoms with Crippen LogP contribution in [0.2, 0.25) is 6.04 Å². The Hall–Kier alpha value is -0.933. The summed E-state index contributed by atoms with van der Waals surface area (Å²) >= 11 is 4.10. The Bertz CT molecular complexity index is 455. The normalized spacial score (nSPS) is 11.2. The molecule has 0 spiro atoms. The molecule has 0 bridgehead atoms. The number of H-pyrrole nitrogens is 1. The molecule has 1 aromatic heterocycles. The maximum absolute atomic E-state index is 5.20. The molecule has 1 N–H and O–H groups in total. The molecule has 112 valence electrons. The van der Waals surface area contributed by atoms with E-state index in [1.54, 1.807) is 21.3 Å². The number of hydrogen-bond acceptors (Lipinski definition) is 6. The summed E-state index contributed by atoms with van der Waals surface area (Å²) in [6.45, 7) is 0. The van der Waals surface area contributed by atoms with Crippen molar-refractivity contribution in [3.63, 3.8) is 0 Å². The topological polar surface area (TPSA) is 69.3 Å². The fourth-order valence-corrected chi connectivity index (χ4v) is 3.82. The summed E-state index contributed by atoms with van der Waals surface area (Å²) < 4.78 is 15.6. The van der Waals surface area contributed by atoms with Gasteiger partial charge in [-0.25, -0.2) is 0 Å². The summed E-state index contributed by atoms with van der Waals surface area (Å²) in [5, 5.41) is 10.3. The van der Waals surface area contributed by atoms with Gasteiger partial charge in [-0.15, -0.1) is 0 Å². The number of aromatic amines is 1. The van der Waals surface area contributed by atoms with Crippen LogP contribution >= 0.6 is 12.6 Å². The van der Waals surface area contributed by atoms with Crippen LogP contribution in [0, 0.1) is 0 Å². The lowest BCUT2D eigenvalue weighted by Gasteiger charge is -2.23. The molecule has 0 aliphatic carbocycles. The Morgan fingerprint density at radius 2 is 1.55 bits per heavy atom. The third-order valence-electron chi connectivity index (χ3n) is 2.80. The number of hydrogen-bond donors (Lipinski definition) is 2. The molecule has 0 fully saturated rings. The Morgan fingerprint density at radius 3 is 1.95 bits per heavy atom. The molecular formula is C12H21N3O3SSi. The highest BCUT2D eigenvalue weighted by Gasteiger charge is 2.36. The molecule has 8 heteroatoms. The second-order valence-corrected chi connectivity index (χ2v) is 7.47. The average molecular weight is 315 g/mol. The fraction of sp³-hybridized carbons (Fsp3) is 0.500. The maximum Gasteiger partial charge on any atom is 0.500 e. The zero-order valence-corrected chi connectivity index (χ0v) is 13.9. The summed E-state index contributed by atoms with van der Waals surface area (Å²) in [6.07, 6.45) is 0.963. The van der Waals surface area contributed by atoms with Crippen LogP contribution in [-0.4, -0.2) is 51.3 Å². The molecule has 0 atom stereocenters. The summed E-state index contributed by atoms with van der Waals surface area (Å²) in [6, 6.07) is 8.54. The van der Waals surface area contributed by atoms with Gasteiger partial charge in [0.2, 0.25) is 0 Å². The number of rotatable bonds is 6. The van der Waals surface area contributed by atoms with Crippen molar-refractivity contribution in [2.75, 3.05) is 27.1 Å². The van der Waals surface area contributed by atoms with Crippen LogP contribution in [-0.2, 0) is 13.3 Å². The zero-order valence-electron chi connectivity index (χ0n) is 12.0. The highest BCUT2D eigenvalue weighted by Crippen LogP contribution is 2.14. The van der Waals surface area contributed by atoms with Crippen LogP contribution in [0.15, 0.2) is 24.3 Å². The Kier molecular flexibility index (Phi) is 7.78. The van der Waals surface area contributed by atoms with Gasteiger partial charge in [-0.1, -0.05) is 12.1 Å². The third-order valence-corrected chi connectivity index (χ3v) is 5.94. The highest BCUT2D eigenvalue weighted by molar-refractivity contribution is 7.80. The molecule has 2 rings (SSSR count). The van der Waals surface area contributed by atoms with Crippen molar-refractivity contribution in [2.24, 2.45) is 0 Å². The van der Waals surface area contributed by atoms with Crippen LogP contribution < -0.4 is 0 Å². The van der Waals surface area contributed by atoms with Crippen molar-refractivity contribution in [2.45, 2.75) is 12.5 Å². The van der Waals surface area contributed by atoms with Gasteiger partial charge in [-0.05, 0) is 24.3 Å². The first-order valence-electron chi connectivity index (χ1n) is 6.23. The van der Waals surface area contributed by atoms with Gasteiger partial charge in [-0.2, -0.15) is 28.0 Å². The summed E-state index contributed by atoms with van der Waals surface area (Å²) in [5.74, 6) is 0.838. The number of nitrogens with one attached hydrogen (secondary N) is 1. The largest absolute Gasteiger partial charge is 0.500 e. The summed E-state index contributed by atoms with van der Waals surface area (Å²) in [4.78, 5) is 0. The van der Waals surface area contributed by atoms with E-state index in [1.165, 1.54) is 0 Å². The van der Waals surface area contributed by atoms with Gasteiger partial charge in [0, 0.05) is 27.4 Å². The first-order chi connectivity index (χ1) is 9.71. The maximum atomic E-state index is 5.20. The number of nitrogens with zero attached hydrogens (tertiary/aromatic N) is 2. The predicted molar refractivity (Wildman–Crippen MR) is 83.9 cm³/mol. The highest BCUT2D eigenvalue weighted by atomic mass is 32.1. The monoisotopic (exact) mass is 315 g/mol. The lowest BCUT2D eigenvalue weighted by atomic mass is 10.3. The molecule has 0 saturated heterocycles. The minimum atomic E-state index is -2.29. The van der Waals surface area contributed by atoms with Gasteiger partial charge >= 0.3 is 8.80 Å². The van der Waals surface area contributed by atoms with Crippen molar-refractivity contribution in [3.05, 3.63) is 24.3 Å². The van der Waals surface area contributed by atoms with E-state index in [-0.39, 0.29) is 0 Å². The van der Waals surface area contributed by atoms with Crippen LogP contribution in [0.4, 0.5) is 0 Å². The van der Waals surface area contributed by atoms with Gasteiger partial charge in [0.1, 0.15) is 11.0 Å². The van der Waals surface area contributed by atoms with E-state index in [1.807, 2.05) is 24.3 Å². The first-order valence-corrected chi connectivity index (χ1v) is 8.79. The number of aromatic nitrogens is 3. The second-order valence-electron chi connectivity index (χ2n) is 3.93. The van der Waals surface area contributed by atoms with E-state index in [2.05, 4.69) is 28.0 Å². The number of thiol groups is 1. The Labute approximate surface area is 125 Å². The van der Waals surface area contributed by atoms with Crippen molar-refractivity contribution < 1.29 is 13.3 Å². The molecule has 0 saturated carbocycles. The average Bonchev–Trinajstić information content (AvgIpc) is 2.98. The van der Waals surface area contributed by atoms with Crippen LogP contribution in [0.25, 0.3) is 11.0 Å². The SMILES string of the molecule is CO[Si](CCCS)(OC)OC.c1ccc2n[nH]nc2c1. The number of fused-ring (bicyclic) bond motifs is 1. The summed E-state index contributed by atoms with van der Waals surface area (Å²) in [5.41, 5.74) is 1.83. The van der Waals surface area contributed by atoms with Gasteiger partial charge in [-0.3, -0.25) is 0 Å². The first kappa shape index (κ1) is 17.1. The molecule has 0 amide bonds. The van der Waals surface area contributed by atoms with Crippen molar-refractivity contribution >= 4 is 32.5 Å². The molecule has 0 aliphatic rings. The van der Waals surface area contributed by atoms with E-state index in [9.17, 15) is 0 Å². The second kappa shape index (κ2) is 9.09. The molecule has 6 nitrogen and oxygen atoms in total. The van der Waals surface area contributed by atoms with E-state index in [0.717, 1.165) is 29.3 Å². The Morgan fingerprint density at radius 1 is 1.05 bits per heavy atom. The van der Waals surface area contributed by atoms with E-state index in [0.29, 0.717) is 0 Å². The predicted octanol–water partition coefficient (Wildman–Crippen LogP) is 2.14. The molecule has 0 aliphatic heterocycles. The van der Waals surface area contributed by atoms with Gasteiger partial charge < -0.3 is 13.3 Å². The van der Waals surface area contributed by atoms with Gasteiger partial charge in [0.05, 0.1) is 0 Å². The minimum absolute atomic E-state index is 0.833. The standard InChI is InChI=1S/C6H5N3.C6H16O3SSi/c1-2-4-6-5(3-1)7-9-8-6;1-7-11(8-2,9-3)6-4-5-10/h1-4H,(H,7,8,9);10H,4-6H2,1-3H3. The van der Waals surface area contributed by atoms with E-state index >= 15 is 0 Å². The van der Waals surface area contributed by atoms with Crippen molar-refractivity contribution in [1.82, 2.24) is 15.4 Å². The van der Waals surface area contributed by atoms with Gasteiger partial charge in [0.15, 0.2) is 0 Å². The number of benzene rings is 1. The molecule has 20 heavy (non-hydrogen) atoms. The fourth-order valence-electron chi connectivity index (χ4n) is 1.64. The molecule has 2 aromatic rings.